The third-order valence-corrected chi connectivity index (χ3v) is 4.07. The van der Waals surface area contributed by atoms with Gasteiger partial charge in [0.1, 0.15) is 0 Å². The molecule has 2 N–H and O–H groups in total. The van der Waals surface area contributed by atoms with E-state index in [1.807, 2.05) is 30.3 Å². The number of nitrogens with two attached hydrogens (primary N) is 1. The summed E-state index contributed by atoms with van der Waals surface area (Å²) in [6, 6.07) is 9.30. The van der Waals surface area contributed by atoms with Crippen molar-refractivity contribution in [3.63, 3.8) is 0 Å². The Kier molecular flexibility index (Phi) is 5.49. The molecule has 0 fully saturated rings. The third-order valence-electron chi connectivity index (χ3n) is 2.39. The lowest BCUT2D eigenvalue weighted by molar-refractivity contribution is 0.589. The Morgan fingerprint density at radius 2 is 1.69 bits per heavy atom. The van der Waals surface area contributed by atoms with Gasteiger partial charge in [-0.15, -0.1) is 0 Å². The van der Waals surface area contributed by atoms with Crippen molar-refractivity contribution in [1.29, 1.82) is 0 Å². The normalized spacial score (nSPS) is 11.6. The number of sulfone groups is 1. The summed E-state index contributed by atoms with van der Waals surface area (Å²) in [4.78, 5) is 0. The molecule has 90 valence electrons. The van der Waals surface area contributed by atoms with Crippen LogP contribution in [0.4, 0.5) is 0 Å². The Hall–Kier alpha value is -0.870. The van der Waals surface area contributed by atoms with E-state index in [9.17, 15) is 8.42 Å². The maximum Gasteiger partial charge on any atom is 0.154 e. The van der Waals surface area contributed by atoms with Crippen molar-refractivity contribution < 1.29 is 8.42 Å². The van der Waals surface area contributed by atoms with Gasteiger partial charge in [-0.3, -0.25) is 0 Å². The highest BCUT2D eigenvalue weighted by Gasteiger charge is 2.10. The highest BCUT2D eigenvalue weighted by molar-refractivity contribution is 7.90. The van der Waals surface area contributed by atoms with Crippen LogP contribution in [0.3, 0.4) is 0 Å². The topological polar surface area (TPSA) is 60.2 Å². The van der Waals surface area contributed by atoms with Crippen LogP contribution >= 0.6 is 0 Å². The number of hydrogen-bond donors (Lipinski definition) is 1. The van der Waals surface area contributed by atoms with Crippen LogP contribution in [0, 0.1) is 0 Å². The van der Waals surface area contributed by atoms with Gasteiger partial charge in [-0.25, -0.2) is 8.42 Å². The molecule has 0 saturated heterocycles. The molecule has 0 heterocycles. The molecule has 0 aliphatic carbocycles. The molecule has 16 heavy (non-hydrogen) atoms. The van der Waals surface area contributed by atoms with E-state index in [0.717, 1.165) is 18.4 Å². The second kappa shape index (κ2) is 6.66. The summed E-state index contributed by atoms with van der Waals surface area (Å²) in [5.41, 5.74) is 6.21. The van der Waals surface area contributed by atoms with Gasteiger partial charge in [0, 0.05) is 0 Å². The maximum absolute atomic E-state index is 11.7. The monoisotopic (exact) mass is 241 g/mol. The molecule has 1 aromatic rings. The van der Waals surface area contributed by atoms with E-state index >= 15 is 0 Å². The first-order chi connectivity index (χ1) is 7.64. The lowest BCUT2D eigenvalue weighted by atomic mass is 10.2. The third kappa shape index (κ3) is 5.28. The predicted octanol–water partition coefficient (Wildman–Crippen LogP) is 1.73. The van der Waals surface area contributed by atoms with Crippen LogP contribution in [0.25, 0.3) is 0 Å². The molecule has 3 nitrogen and oxygen atoms in total. The summed E-state index contributed by atoms with van der Waals surface area (Å²) >= 11 is 0. The Morgan fingerprint density at radius 1 is 1.00 bits per heavy atom. The molecule has 0 radical (unpaired) electrons. The largest absolute Gasteiger partial charge is 0.330 e. The average Bonchev–Trinajstić information content (AvgIpc) is 2.25. The maximum atomic E-state index is 11.7. The summed E-state index contributed by atoms with van der Waals surface area (Å²) in [5.74, 6) is 0.415. The molecule has 0 aliphatic heterocycles. The molecule has 0 aromatic heterocycles. The van der Waals surface area contributed by atoms with Gasteiger partial charge in [0.05, 0.1) is 11.5 Å². The zero-order chi connectivity index (χ0) is 11.9. The van der Waals surface area contributed by atoms with Gasteiger partial charge in [0.2, 0.25) is 0 Å². The lowest BCUT2D eigenvalue weighted by Gasteiger charge is -2.04. The van der Waals surface area contributed by atoms with Gasteiger partial charge in [-0.1, -0.05) is 36.8 Å². The van der Waals surface area contributed by atoms with E-state index < -0.39 is 9.84 Å². The molecule has 0 unspecified atom stereocenters. The van der Waals surface area contributed by atoms with E-state index in [-0.39, 0.29) is 11.5 Å². The average molecular weight is 241 g/mol. The fourth-order valence-corrected chi connectivity index (χ4v) is 3.03. The van der Waals surface area contributed by atoms with Crippen LogP contribution in [0.15, 0.2) is 30.3 Å². The summed E-state index contributed by atoms with van der Waals surface area (Å²) in [5, 5.41) is 0. The van der Waals surface area contributed by atoms with Crippen molar-refractivity contribution in [2.75, 3.05) is 12.3 Å². The molecule has 0 spiro atoms. The van der Waals surface area contributed by atoms with Crippen molar-refractivity contribution in [2.24, 2.45) is 5.73 Å². The number of rotatable bonds is 7. The SMILES string of the molecule is NCCCCCS(=O)(=O)Cc1ccccc1. The standard InChI is InChI=1S/C12H19NO2S/c13-9-5-2-6-10-16(14,15)11-12-7-3-1-4-8-12/h1,3-4,7-8H,2,5-6,9-11,13H2. The molecule has 0 saturated carbocycles. The zero-order valence-electron chi connectivity index (χ0n) is 9.43. The highest BCUT2D eigenvalue weighted by Crippen LogP contribution is 2.08. The molecule has 1 aromatic carbocycles. The number of benzene rings is 1. The first kappa shape index (κ1) is 13.2. The van der Waals surface area contributed by atoms with Gasteiger partial charge in [0.25, 0.3) is 0 Å². The summed E-state index contributed by atoms with van der Waals surface area (Å²) in [7, 11) is -2.96. The highest BCUT2D eigenvalue weighted by atomic mass is 32.2. The van der Waals surface area contributed by atoms with Crippen molar-refractivity contribution >= 4 is 9.84 Å². The van der Waals surface area contributed by atoms with Gasteiger partial charge < -0.3 is 5.73 Å². The van der Waals surface area contributed by atoms with Crippen molar-refractivity contribution in [1.82, 2.24) is 0 Å². The second-order valence-corrected chi connectivity index (χ2v) is 6.11. The minimum Gasteiger partial charge on any atom is -0.330 e. The molecule has 0 aliphatic rings. The first-order valence-electron chi connectivity index (χ1n) is 5.58. The summed E-state index contributed by atoms with van der Waals surface area (Å²) in [6.45, 7) is 0.638. The van der Waals surface area contributed by atoms with Gasteiger partial charge in [0.15, 0.2) is 9.84 Å². The summed E-state index contributed by atoms with van der Waals surface area (Å²) < 4.78 is 23.5. The predicted molar refractivity (Wildman–Crippen MR) is 66.8 cm³/mol. The van der Waals surface area contributed by atoms with Crippen LogP contribution < -0.4 is 5.73 Å². The molecule has 0 bridgehead atoms. The summed E-state index contributed by atoms with van der Waals surface area (Å²) in [6.07, 6.45) is 2.51. The van der Waals surface area contributed by atoms with Crippen LogP contribution in [-0.2, 0) is 15.6 Å². The van der Waals surface area contributed by atoms with Crippen LogP contribution in [0.5, 0.6) is 0 Å². The van der Waals surface area contributed by atoms with Crippen LogP contribution in [-0.4, -0.2) is 20.7 Å². The van der Waals surface area contributed by atoms with E-state index in [2.05, 4.69) is 0 Å². The zero-order valence-corrected chi connectivity index (χ0v) is 10.2. The van der Waals surface area contributed by atoms with Crippen molar-refractivity contribution in [3.8, 4) is 0 Å². The van der Waals surface area contributed by atoms with Gasteiger partial charge >= 0.3 is 0 Å². The minimum absolute atomic E-state index is 0.149. The molecular formula is C12H19NO2S. The Morgan fingerprint density at radius 3 is 2.31 bits per heavy atom. The molecule has 0 amide bonds. The molecule has 1 rings (SSSR count). The lowest BCUT2D eigenvalue weighted by Crippen LogP contribution is -2.10. The molecule has 4 heteroatoms. The first-order valence-corrected chi connectivity index (χ1v) is 7.40. The Balaban J connectivity index is 2.40. The quantitative estimate of drug-likeness (QED) is 0.740. The molecular weight excluding hydrogens is 222 g/mol. The second-order valence-electron chi connectivity index (χ2n) is 3.93. The van der Waals surface area contributed by atoms with Gasteiger partial charge in [-0.05, 0) is 24.9 Å². The van der Waals surface area contributed by atoms with Crippen molar-refractivity contribution in [2.45, 2.75) is 25.0 Å². The fraction of sp³-hybridized carbons (Fsp3) is 0.500. The van der Waals surface area contributed by atoms with Crippen LogP contribution in [0.2, 0.25) is 0 Å². The fourth-order valence-electron chi connectivity index (χ4n) is 1.54. The van der Waals surface area contributed by atoms with Crippen LogP contribution in [0.1, 0.15) is 24.8 Å². The number of hydrogen-bond acceptors (Lipinski definition) is 3. The Bertz CT molecular complexity index is 387. The van der Waals surface area contributed by atoms with Gasteiger partial charge in [-0.2, -0.15) is 0 Å². The van der Waals surface area contributed by atoms with E-state index in [1.165, 1.54) is 0 Å². The smallest absolute Gasteiger partial charge is 0.154 e. The van der Waals surface area contributed by atoms with E-state index in [0.29, 0.717) is 13.0 Å². The molecule has 0 atom stereocenters. The van der Waals surface area contributed by atoms with E-state index in [4.69, 9.17) is 5.73 Å². The minimum atomic E-state index is -2.96. The van der Waals surface area contributed by atoms with Crippen molar-refractivity contribution in [3.05, 3.63) is 35.9 Å². The van der Waals surface area contributed by atoms with E-state index in [1.54, 1.807) is 0 Å². The Labute approximate surface area is 97.6 Å². The number of unbranched alkanes of at least 4 members (excludes halogenated alkanes) is 2.